The van der Waals surface area contributed by atoms with E-state index in [1.807, 2.05) is 0 Å². The van der Waals surface area contributed by atoms with Crippen LogP contribution in [-0.4, -0.2) is 10.1 Å². The zero-order valence-corrected chi connectivity index (χ0v) is 10.5. The third-order valence-corrected chi connectivity index (χ3v) is 2.79. The van der Waals surface area contributed by atoms with E-state index in [0.29, 0.717) is 0 Å². The Morgan fingerprint density at radius 1 is 1.19 bits per heavy atom. The number of aryl methyl sites for hydroxylation is 1. The molecule has 86 valence electrons. The minimum Gasteiger partial charge on any atom is -0.350 e. The predicted octanol–water partition coefficient (Wildman–Crippen LogP) is 3.07. The Hall–Kier alpha value is -1.28. The Bertz CT molecular complexity index is 489. The lowest BCUT2D eigenvalue weighted by Crippen LogP contribution is -2.34. The predicted molar refractivity (Wildman–Crippen MR) is 69.5 cm³/mol. The smallest absolute Gasteiger partial charge is 0.0481 e. The summed E-state index contributed by atoms with van der Waals surface area (Å²) >= 11 is 0. The second-order valence-electron chi connectivity index (χ2n) is 5.39. The molecule has 1 aromatic carbocycles. The van der Waals surface area contributed by atoms with Crippen molar-refractivity contribution in [3.8, 4) is 0 Å². The summed E-state index contributed by atoms with van der Waals surface area (Å²) in [5.74, 6) is 0. The molecule has 0 spiro atoms. The molecule has 0 aliphatic heterocycles. The molecule has 1 aromatic heterocycles. The van der Waals surface area contributed by atoms with Crippen LogP contribution in [0.4, 0.5) is 0 Å². The lowest BCUT2D eigenvalue weighted by Gasteiger charge is -2.20. The highest BCUT2D eigenvalue weighted by atomic mass is 15.0. The van der Waals surface area contributed by atoms with Crippen molar-refractivity contribution in [2.45, 2.75) is 32.9 Å². The zero-order valence-electron chi connectivity index (χ0n) is 10.5. The first-order valence-corrected chi connectivity index (χ1v) is 5.75. The summed E-state index contributed by atoms with van der Waals surface area (Å²) in [7, 11) is 2.10. The van der Waals surface area contributed by atoms with Gasteiger partial charge in [0, 0.05) is 36.2 Å². The summed E-state index contributed by atoms with van der Waals surface area (Å²) in [6.45, 7) is 7.50. The lowest BCUT2D eigenvalue weighted by atomic mass is 10.1. The number of para-hydroxylation sites is 1. The summed E-state index contributed by atoms with van der Waals surface area (Å²) in [5, 5.41) is 4.88. The Balaban J connectivity index is 2.31. The number of benzene rings is 1. The molecule has 2 rings (SSSR count). The summed E-state index contributed by atoms with van der Waals surface area (Å²) in [6, 6.07) is 8.54. The highest BCUT2D eigenvalue weighted by Gasteiger charge is 2.11. The third-order valence-electron chi connectivity index (χ3n) is 2.79. The van der Waals surface area contributed by atoms with Crippen molar-refractivity contribution in [1.29, 1.82) is 0 Å². The average Bonchev–Trinajstić information content (AvgIpc) is 2.53. The van der Waals surface area contributed by atoms with Gasteiger partial charge in [0.25, 0.3) is 0 Å². The molecule has 0 radical (unpaired) electrons. The van der Waals surface area contributed by atoms with Crippen molar-refractivity contribution in [2.24, 2.45) is 7.05 Å². The van der Waals surface area contributed by atoms with Crippen molar-refractivity contribution in [3.63, 3.8) is 0 Å². The van der Waals surface area contributed by atoms with Crippen molar-refractivity contribution in [2.75, 3.05) is 0 Å². The highest BCUT2D eigenvalue weighted by Crippen LogP contribution is 2.20. The molecule has 2 heteroatoms. The maximum absolute atomic E-state index is 3.53. The van der Waals surface area contributed by atoms with E-state index in [2.05, 4.69) is 68.2 Å². The number of fused-ring (bicyclic) bond motifs is 1. The Kier molecular flexibility index (Phi) is 2.76. The van der Waals surface area contributed by atoms with Gasteiger partial charge in [-0.3, -0.25) is 0 Å². The Morgan fingerprint density at radius 2 is 1.88 bits per heavy atom. The minimum absolute atomic E-state index is 0.164. The topological polar surface area (TPSA) is 17.0 Å². The number of hydrogen-bond acceptors (Lipinski definition) is 1. The van der Waals surface area contributed by atoms with Gasteiger partial charge in [0.2, 0.25) is 0 Å². The van der Waals surface area contributed by atoms with Crippen LogP contribution in [0.2, 0.25) is 0 Å². The fraction of sp³-hybridized carbons (Fsp3) is 0.429. The van der Waals surface area contributed by atoms with Crippen molar-refractivity contribution < 1.29 is 0 Å². The van der Waals surface area contributed by atoms with E-state index in [4.69, 9.17) is 0 Å². The largest absolute Gasteiger partial charge is 0.350 e. The monoisotopic (exact) mass is 216 g/mol. The molecule has 0 atom stereocenters. The van der Waals surface area contributed by atoms with Gasteiger partial charge in [0.15, 0.2) is 0 Å². The average molecular weight is 216 g/mol. The molecule has 2 aromatic rings. The van der Waals surface area contributed by atoms with Gasteiger partial charge in [-0.15, -0.1) is 0 Å². The highest BCUT2D eigenvalue weighted by molar-refractivity contribution is 5.83. The maximum Gasteiger partial charge on any atom is 0.0481 e. The van der Waals surface area contributed by atoms with Gasteiger partial charge >= 0.3 is 0 Å². The van der Waals surface area contributed by atoms with Crippen LogP contribution in [0.1, 0.15) is 26.3 Å². The van der Waals surface area contributed by atoms with E-state index in [1.165, 1.54) is 16.5 Å². The molecule has 16 heavy (non-hydrogen) atoms. The fourth-order valence-corrected chi connectivity index (χ4v) is 1.93. The first-order valence-electron chi connectivity index (χ1n) is 5.75. The first-order chi connectivity index (χ1) is 7.47. The van der Waals surface area contributed by atoms with Crippen LogP contribution in [0, 0.1) is 0 Å². The van der Waals surface area contributed by atoms with Crippen LogP contribution in [0.3, 0.4) is 0 Å². The molecule has 0 fully saturated rings. The molecule has 1 heterocycles. The molecule has 1 N–H and O–H groups in total. The quantitative estimate of drug-likeness (QED) is 0.816. The van der Waals surface area contributed by atoms with Crippen LogP contribution in [0.25, 0.3) is 10.9 Å². The van der Waals surface area contributed by atoms with Crippen molar-refractivity contribution in [1.82, 2.24) is 9.88 Å². The van der Waals surface area contributed by atoms with Gasteiger partial charge in [-0.1, -0.05) is 18.2 Å². The Labute approximate surface area is 97.3 Å². The summed E-state index contributed by atoms with van der Waals surface area (Å²) in [6.07, 6.45) is 2.21. The Morgan fingerprint density at radius 3 is 2.56 bits per heavy atom. The second kappa shape index (κ2) is 3.95. The van der Waals surface area contributed by atoms with Crippen molar-refractivity contribution in [3.05, 3.63) is 36.0 Å². The molecule has 0 unspecified atom stereocenters. The van der Waals surface area contributed by atoms with Gasteiger partial charge in [0.1, 0.15) is 0 Å². The number of hydrogen-bond donors (Lipinski definition) is 1. The van der Waals surface area contributed by atoms with Crippen LogP contribution < -0.4 is 5.32 Å². The molecule has 0 saturated heterocycles. The van der Waals surface area contributed by atoms with Gasteiger partial charge < -0.3 is 9.88 Å². The van der Waals surface area contributed by atoms with E-state index < -0.39 is 0 Å². The molecule has 2 nitrogen and oxygen atoms in total. The summed E-state index contributed by atoms with van der Waals surface area (Å²) in [5.41, 5.74) is 2.83. The number of aromatic nitrogens is 1. The normalized spacial score (nSPS) is 12.2. The van der Waals surface area contributed by atoms with E-state index in [-0.39, 0.29) is 5.54 Å². The lowest BCUT2D eigenvalue weighted by molar-refractivity contribution is 0.425. The van der Waals surface area contributed by atoms with Crippen molar-refractivity contribution >= 4 is 10.9 Å². The van der Waals surface area contributed by atoms with Crippen LogP contribution >= 0.6 is 0 Å². The molecular formula is C14H20N2. The van der Waals surface area contributed by atoms with Gasteiger partial charge in [-0.25, -0.2) is 0 Å². The summed E-state index contributed by atoms with van der Waals surface area (Å²) < 4.78 is 2.19. The van der Waals surface area contributed by atoms with Gasteiger partial charge in [-0.05, 0) is 32.4 Å². The van der Waals surface area contributed by atoms with E-state index >= 15 is 0 Å². The molecule has 0 aliphatic rings. The standard InChI is InChI=1S/C14H20N2/c1-14(2,3)15-9-11-10-16(4)13-8-6-5-7-12(11)13/h5-8,10,15H,9H2,1-4H3. The molecule has 0 aliphatic carbocycles. The molecule has 0 amide bonds. The number of nitrogens with one attached hydrogen (secondary N) is 1. The third kappa shape index (κ3) is 2.27. The fourth-order valence-electron chi connectivity index (χ4n) is 1.93. The number of nitrogens with zero attached hydrogens (tertiary/aromatic N) is 1. The van der Waals surface area contributed by atoms with Crippen LogP contribution in [-0.2, 0) is 13.6 Å². The molecular weight excluding hydrogens is 196 g/mol. The van der Waals surface area contributed by atoms with Gasteiger partial charge in [0.05, 0.1) is 0 Å². The van der Waals surface area contributed by atoms with E-state index in [0.717, 1.165) is 6.54 Å². The molecule has 0 bridgehead atoms. The SMILES string of the molecule is Cn1cc(CNC(C)(C)C)c2ccccc21. The minimum atomic E-state index is 0.164. The van der Waals surface area contributed by atoms with Gasteiger partial charge in [-0.2, -0.15) is 0 Å². The molecule has 0 saturated carbocycles. The number of rotatable bonds is 2. The van der Waals surface area contributed by atoms with E-state index in [1.54, 1.807) is 0 Å². The zero-order chi connectivity index (χ0) is 11.8. The van der Waals surface area contributed by atoms with Crippen LogP contribution in [0.5, 0.6) is 0 Å². The van der Waals surface area contributed by atoms with Crippen LogP contribution in [0.15, 0.2) is 30.5 Å². The first kappa shape index (κ1) is 11.2. The summed E-state index contributed by atoms with van der Waals surface area (Å²) in [4.78, 5) is 0. The second-order valence-corrected chi connectivity index (χ2v) is 5.39. The maximum atomic E-state index is 3.53. The van der Waals surface area contributed by atoms with E-state index in [9.17, 15) is 0 Å².